The second-order valence-electron chi connectivity index (χ2n) is 9.46. The van der Waals surface area contributed by atoms with E-state index in [9.17, 15) is 9.59 Å². The van der Waals surface area contributed by atoms with E-state index in [2.05, 4.69) is 26.4 Å². The van der Waals surface area contributed by atoms with Gasteiger partial charge in [0.15, 0.2) is 5.11 Å². The van der Waals surface area contributed by atoms with Gasteiger partial charge in [-0.3, -0.25) is 14.3 Å². The highest BCUT2D eigenvalue weighted by molar-refractivity contribution is 7.80. The maximum atomic E-state index is 13.2. The summed E-state index contributed by atoms with van der Waals surface area (Å²) in [5.41, 5.74) is 2.62. The van der Waals surface area contributed by atoms with E-state index in [0.717, 1.165) is 42.8 Å². The smallest absolute Gasteiger partial charge is 0.254 e. The highest BCUT2D eigenvalue weighted by atomic mass is 32.1. The standard InChI is InChI=1S/C23H30N6O2S2/c1-12-9-18(29(2)28-12)26-23(32)25-15-7-8-17-16(10-15)19(21(31)24-11-13-3-4-13)22(33-17)27-20(30)14-5-6-14/h9,13-15H,3-8,10-11H2,1-2H3,(H,24,31)(H,27,30)(H2,25,26,32)/t15-/m0/s1. The van der Waals surface area contributed by atoms with Gasteiger partial charge in [0.05, 0.1) is 11.3 Å². The summed E-state index contributed by atoms with van der Waals surface area (Å²) in [6.07, 6.45) is 6.70. The number of carbonyl (C=O) groups excluding carboxylic acids is 2. The van der Waals surface area contributed by atoms with Crippen LogP contribution >= 0.6 is 23.6 Å². The van der Waals surface area contributed by atoms with Crippen molar-refractivity contribution in [3.8, 4) is 0 Å². The molecule has 5 rings (SSSR count). The SMILES string of the molecule is Cc1cc(NC(=S)N[C@H]2CCc3sc(NC(=O)C4CC4)c(C(=O)NCC4CC4)c3C2)n(C)n1. The maximum absolute atomic E-state index is 13.2. The zero-order valence-corrected chi connectivity index (χ0v) is 20.6. The van der Waals surface area contributed by atoms with Crippen LogP contribution in [0.15, 0.2) is 6.07 Å². The predicted octanol–water partition coefficient (Wildman–Crippen LogP) is 3.12. The summed E-state index contributed by atoms with van der Waals surface area (Å²) in [6.45, 7) is 2.65. The van der Waals surface area contributed by atoms with Crippen molar-refractivity contribution in [1.29, 1.82) is 0 Å². The van der Waals surface area contributed by atoms with E-state index >= 15 is 0 Å². The first kappa shape index (κ1) is 22.3. The number of thiophene rings is 1. The number of amides is 2. The van der Waals surface area contributed by atoms with Gasteiger partial charge in [-0.2, -0.15) is 5.10 Å². The molecular weight excluding hydrogens is 456 g/mol. The van der Waals surface area contributed by atoms with Crippen LogP contribution < -0.4 is 21.3 Å². The molecule has 2 aromatic rings. The quantitative estimate of drug-likeness (QED) is 0.449. The Labute approximate surface area is 202 Å². The molecule has 2 fully saturated rings. The number of rotatable bonds is 7. The Morgan fingerprint density at radius 3 is 2.67 bits per heavy atom. The van der Waals surface area contributed by atoms with Crippen LogP contribution in [0.1, 0.15) is 58.6 Å². The molecule has 4 N–H and O–H groups in total. The molecule has 0 saturated heterocycles. The Bertz CT molecular complexity index is 1100. The highest BCUT2D eigenvalue weighted by Gasteiger charge is 2.34. The third kappa shape index (κ3) is 5.22. The number of aryl methyl sites for hydroxylation is 3. The monoisotopic (exact) mass is 486 g/mol. The number of aromatic nitrogens is 2. The Balaban J connectivity index is 1.31. The number of nitrogens with zero attached hydrogens (tertiary/aromatic N) is 2. The summed E-state index contributed by atoms with van der Waals surface area (Å²) in [6, 6.07) is 2.06. The predicted molar refractivity (Wildman–Crippen MR) is 134 cm³/mol. The van der Waals surface area contributed by atoms with Gasteiger partial charge in [0.1, 0.15) is 10.8 Å². The van der Waals surface area contributed by atoms with Gasteiger partial charge in [-0.05, 0) is 75.6 Å². The number of fused-ring (bicyclic) bond motifs is 1. The molecule has 2 heterocycles. The van der Waals surface area contributed by atoms with Crippen LogP contribution in [0, 0.1) is 18.8 Å². The molecule has 10 heteroatoms. The molecule has 0 radical (unpaired) electrons. The van der Waals surface area contributed by atoms with E-state index in [1.807, 2.05) is 20.0 Å². The Hall–Kier alpha value is -2.46. The van der Waals surface area contributed by atoms with Crippen molar-refractivity contribution in [3.05, 3.63) is 27.8 Å². The fraction of sp³-hybridized carbons (Fsp3) is 0.565. The van der Waals surface area contributed by atoms with Gasteiger partial charge in [-0.15, -0.1) is 11.3 Å². The summed E-state index contributed by atoms with van der Waals surface area (Å²) >= 11 is 7.11. The number of hydrogen-bond acceptors (Lipinski definition) is 5. The van der Waals surface area contributed by atoms with Gasteiger partial charge in [-0.25, -0.2) is 0 Å². The fourth-order valence-electron chi connectivity index (χ4n) is 4.31. The summed E-state index contributed by atoms with van der Waals surface area (Å²) < 4.78 is 1.76. The lowest BCUT2D eigenvalue weighted by atomic mass is 9.91. The van der Waals surface area contributed by atoms with Crippen LogP contribution in [0.25, 0.3) is 0 Å². The van der Waals surface area contributed by atoms with Crippen LogP contribution in [-0.4, -0.2) is 39.3 Å². The van der Waals surface area contributed by atoms with E-state index in [1.165, 1.54) is 17.7 Å². The van der Waals surface area contributed by atoms with Crippen molar-refractivity contribution in [1.82, 2.24) is 20.4 Å². The van der Waals surface area contributed by atoms with Crippen molar-refractivity contribution in [3.63, 3.8) is 0 Å². The largest absolute Gasteiger partial charge is 0.359 e. The van der Waals surface area contributed by atoms with Crippen LogP contribution in [0.3, 0.4) is 0 Å². The van der Waals surface area contributed by atoms with Crippen LogP contribution in [0.2, 0.25) is 0 Å². The van der Waals surface area contributed by atoms with Crippen LogP contribution in [0.4, 0.5) is 10.8 Å². The zero-order valence-electron chi connectivity index (χ0n) is 19.0. The number of anilines is 2. The molecule has 0 spiro atoms. The molecule has 2 aromatic heterocycles. The minimum absolute atomic E-state index is 0.0383. The summed E-state index contributed by atoms with van der Waals surface area (Å²) in [7, 11) is 1.88. The molecule has 0 aliphatic heterocycles. The van der Waals surface area contributed by atoms with E-state index in [1.54, 1.807) is 16.0 Å². The summed E-state index contributed by atoms with van der Waals surface area (Å²) in [5.74, 6) is 1.50. The second-order valence-corrected chi connectivity index (χ2v) is 11.0. The van der Waals surface area contributed by atoms with Gasteiger partial charge >= 0.3 is 0 Å². The third-order valence-electron chi connectivity index (χ3n) is 6.50. The molecule has 0 aromatic carbocycles. The van der Waals surface area contributed by atoms with Crippen molar-refractivity contribution in [2.24, 2.45) is 18.9 Å². The molecule has 0 bridgehead atoms. The van der Waals surface area contributed by atoms with Crippen LogP contribution in [-0.2, 0) is 24.7 Å². The lowest BCUT2D eigenvalue weighted by molar-refractivity contribution is -0.117. The molecule has 3 aliphatic rings. The molecule has 1 atom stereocenters. The van der Waals surface area contributed by atoms with Crippen LogP contribution in [0.5, 0.6) is 0 Å². The Morgan fingerprint density at radius 2 is 2.00 bits per heavy atom. The highest BCUT2D eigenvalue weighted by Crippen LogP contribution is 2.40. The number of carbonyl (C=O) groups is 2. The summed E-state index contributed by atoms with van der Waals surface area (Å²) in [4.78, 5) is 26.8. The molecule has 8 nitrogen and oxygen atoms in total. The van der Waals surface area contributed by atoms with Gasteiger partial charge in [0.2, 0.25) is 5.91 Å². The zero-order chi connectivity index (χ0) is 23.1. The molecule has 0 unspecified atom stereocenters. The minimum atomic E-state index is -0.0720. The van der Waals surface area contributed by atoms with Crippen molar-refractivity contribution < 1.29 is 9.59 Å². The first-order valence-corrected chi connectivity index (χ1v) is 12.9. The van der Waals surface area contributed by atoms with Gasteiger partial charge < -0.3 is 21.3 Å². The number of thiocarbonyl (C=S) groups is 1. The van der Waals surface area contributed by atoms with E-state index in [4.69, 9.17) is 12.2 Å². The molecule has 33 heavy (non-hydrogen) atoms. The molecule has 2 amide bonds. The molecule has 2 saturated carbocycles. The van der Waals surface area contributed by atoms with Crippen molar-refractivity contribution >= 4 is 51.3 Å². The average molecular weight is 487 g/mol. The van der Waals surface area contributed by atoms with E-state index in [0.29, 0.717) is 34.6 Å². The first-order chi connectivity index (χ1) is 15.9. The third-order valence-corrected chi connectivity index (χ3v) is 7.93. The van der Waals surface area contributed by atoms with Crippen molar-refractivity contribution in [2.45, 2.75) is 57.9 Å². The summed E-state index contributed by atoms with van der Waals surface area (Å²) in [5, 5.41) is 18.4. The minimum Gasteiger partial charge on any atom is -0.359 e. The second kappa shape index (κ2) is 9.06. The van der Waals surface area contributed by atoms with Gasteiger partial charge in [0, 0.05) is 36.5 Å². The topological polar surface area (TPSA) is 100 Å². The Kier molecular flexibility index (Phi) is 6.13. The normalized spacial score (nSPS) is 19.5. The lowest BCUT2D eigenvalue weighted by Crippen LogP contribution is -2.41. The fourth-order valence-corrected chi connectivity index (χ4v) is 5.82. The molecule has 3 aliphatic carbocycles. The average Bonchev–Trinajstić information content (AvgIpc) is 3.68. The molecule has 176 valence electrons. The first-order valence-electron chi connectivity index (χ1n) is 11.7. The number of hydrogen-bond donors (Lipinski definition) is 4. The van der Waals surface area contributed by atoms with E-state index < -0.39 is 0 Å². The van der Waals surface area contributed by atoms with Gasteiger partial charge in [-0.1, -0.05) is 0 Å². The van der Waals surface area contributed by atoms with Crippen molar-refractivity contribution in [2.75, 3.05) is 17.2 Å². The Morgan fingerprint density at radius 1 is 1.21 bits per heavy atom. The molecular formula is C23H30N6O2S2. The maximum Gasteiger partial charge on any atom is 0.254 e. The van der Waals surface area contributed by atoms with Gasteiger partial charge in [0.25, 0.3) is 5.91 Å². The lowest BCUT2D eigenvalue weighted by Gasteiger charge is -2.25. The van der Waals surface area contributed by atoms with E-state index in [-0.39, 0.29) is 23.8 Å². The number of nitrogens with one attached hydrogen (secondary N) is 4.